The third-order valence-electron chi connectivity index (χ3n) is 7.42. The topological polar surface area (TPSA) is 41.9 Å². The average molecular weight is 458 g/mol. The molecule has 1 N–H and O–H groups in total. The second-order valence-electron chi connectivity index (χ2n) is 9.47. The molecule has 1 saturated heterocycles. The zero-order valence-corrected chi connectivity index (χ0v) is 19.9. The number of likely N-dealkylation sites (tertiary alicyclic amines) is 1. The standard InChI is InChI=1S/C27H36ClNO3/c1-31-27(16-19-29(20-17-27)18-15-26(30)13-6-3-7-14-26)23-11-8-12-24(28)25(23)32-21-22-9-4-2-5-10-22/h2,4-5,8-12,30H,3,6-7,13-21H2,1H3. The lowest BCUT2D eigenvalue weighted by Crippen LogP contribution is -2.46. The Bertz CT molecular complexity index is 858. The van der Waals surface area contributed by atoms with Crippen molar-refractivity contribution in [3.8, 4) is 5.75 Å². The van der Waals surface area contributed by atoms with Gasteiger partial charge in [0.2, 0.25) is 0 Å². The molecule has 1 aliphatic heterocycles. The lowest BCUT2D eigenvalue weighted by atomic mass is 9.81. The fourth-order valence-electron chi connectivity index (χ4n) is 5.29. The van der Waals surface area contributed by atoms with E-state index in [4.69, 9.17) is 21.1 Å². The molecule has 0 unspecified atom stereocenters. The maximum absolute atomic E-state index is 10.9. The first-order valence-corrected chi connectivity index (χ1v) is 12.4. The van der Waals surface area contributed by atoms with Crippen LogP contribution in [-0.4, -0.2) is 42.4 Å². The van der Waals surface area contributed by atoms with Gasteiger partial charge in [-0.2, -0.15) is 0 Å². The molecule has 0 radical (unpaired) electrons. The van der Waals surface area contributed by atoms with Crippen LogP contribution in [0.1, 0.15) is 62.5 Å². The third kappa shape index (κ3) is 5.48. The molecule has 1 saturated carbocycles. The number of methoxy groups -OCH3 is 1. The van der Waals surface area contributed by atoms with E-state index in [1.165, 1.54) is 6.42 Å². The Labute approximate surface area is 197 Å². The highest BCUT2D eigenvalue weighted by Gasteiger charge is 2.39. The van der Waals surface area contributed by atoms with Crippen LogP contribution in [0, 0.1) is 0 Å². The van der Waals surface area contributed by atoms with Crippen molar-refractivity contribution in [2.75, 3.05) is 26.7 Å². The van der Waals surface area contributed by atoms with Crippen molar-refractivity contribution in [1.29, 1.82) is 0 Å². The van der Waals surface area contributed by atoms with Crippen LogP contribution in [0.4, 0.5) is 0 Å². The molecule has 0 atom stereocenters. The number of rotatable bonds is 8. The Morgan fingerprint density at radius 2 is 1.66 bits per heavy atom. The number of nitrogens with zero attached hydrogens (tertiary/aromatic N) is 1. The Balaban J connectivity index is 1.42. The Morgan fingerprint density at radius 3 is 2.34 bits per heavy atom. The molecule has 5 heteroatoms. The van der Waals surface area contributed by atoms with Crippen molar-refractivity contribution < 1.29 is 14.6 Å². The van der Waals surface area contributed by atoms with Gasteiger partial charge in [0.25, 0.3) is 0 Å². The molecule has 0 spiro atoms. The second kappa shape index (κ2) is 10.6. The van der Waals surface area contributed by atoms with Crippen LogP contribution >= 0.6 is 11.6 Å². The van der Waals surface area contributed by atoms with E-state index in [2.05, 4.69) is 23.1 Å². The third-order valence-corrected chi connectivity index (χ3v) is 7.71. The maximum Gasteiger partial charge on any atom is 0.144 e. The van der Waals surface area contributed by atoms with Crippen LogP contribution in [-0.2, 0) is 16.9 Å². The molecule has 2 aromatic carbocycles. The van der Waals surface area contributed by atoms with Crippen molar-refractivity contribution in [2.24, 2.45) is 0 Å². The zero-order valence-electron chi connectivity index (χ0n) is 19.2. The Morgan fingerprint density at radius 1 is 0.938 bits per heavy atom. The first-order chi connectivity index (χ1) is 15.5. The normalized spacial score (nSPS) is 20.7. The molecule has 174 valence electrons. The van der Waals surface area contributed by atoms with Gasteiger partial charge in [0, 0.05) is 32.3 Å². The number of hydrogen-bond donors (Lipinski definition) is 1. The van der Waals surface area contributed by atoms with Gasteiger partial charge in [-0.1, -0.05) is 73.3 Å². The number of hydrogen-bond acceptors (Lipinski definition) is 4. The first kappa shape index (κ1) is 23.6. The molecule has 2 aliphatic rings. The quantitative estimate of drug-likeness (QED) is 0.532. The lowest BCUT2D eigenvalue weighted by molar-refractivity contribution is -0.0698. The summed E-state index contributed by atoms with van der Waals surface area (Å²) in [4.78, 5) is 2.47. The number of ether oxygens (including phenoxy) is 2. The fourth-order valence-corrected chi connectivity index (χ4v) is 5.52. The minimum absolute atomic E-state index is 0.408. The van der Waals surface area contributed by atoms with Crippen molar-refractivity contribution in [3.63, 3.8) is 0 Å². The predicted octanol–water partition coefficient (Wildman–Crippen LogP) is 5.94. The molecule has 2 fully saturated rings. The summed E-state index contributed by atoms with van der Waals surface area (Å²) in [7, 11) is 1.79. The molecular formula is C27H36ClNO3. The smallest absolute Gasteiger partial charge is 0.144 e. The molecule has 4 rings (SSSR count). The Kier molecular flexibility index (Phi) is 7.78. The van der Waals surface area contributed by atoms with Gasteiger partial charge in [-0.15, -0.1) is 0 Å². The Hall–Kier alpha value is -1.59. The molecular weight excluding hydrogens is 422 g/mol. The van der Waals surface area contributed by atoms with Gasteiger partial charge in [-0.3, -0.25) is 0 Å². The highest BCUT2D eigenvalue weighted by atomic mass is 35.5. The second-order valence-corrected chi connectivity index (χ2v) is 9.87. The van der Waals surface area contributed by atoms with E-state index in [-0.39, 0.29) is 0 Å². The zero-order chi connectivity index (χ0) is 22.4. The van der Waals surface area contributed by atoms with E-state index in [9.17, 15) is 5.11 Å². The van der Waals surface area contributed by atoms with E-state index in [1.54, 1.807) is 7.11 Å². The minimum atomic E-state index is -0.459. The monoisotopic (exact) mass is 457 g/mol. The molecule has 1 heterocycles. The molecule has 1 aliphatic carbocycles. The van der Waals surface area contributed by atoms with Crippen molar-refractivity contribution >= 4 is 11.6 Å². The summed E-state index contributed by atoms with van der Waals surface area (Å²) < 4.78 is 12.4. The lowest BCUT2D eigenvalue weighted by Gasteiger charge is -2.43. The van der Waals surface area contributed by atoms with Crippen molar-refractivity contribution in [3.05, 3.63) is 64.7 Å². The van der Waals surface area contributed by atoms with Crippen LogP contribution in [0.2, 0.25) is 5.02 Å². The fraction of sp³-hybridized carbons (Fsp3) is 0.556. The van der Waals surface area contributed by atoms with E-state index < -0.39 is 11.2 Å². The minimum Gasteiger partial charge on any atom is -0.487 e. The molecule has 0 amide bonds. The van der Waals surface area contributed by atoms with Crippen molar-refractivity contribution in [1.82, 2.24) is 4.90 Å². The van der Waals surface area contributed by atoms with Crippen LogP contribution in [0.15, 0.2) is 48.5 Å². The molecule has 2 aromatic rings. The summed E-state index contributed by atoms with van der Waals surface area (Å²) in [5.74, 6) is 0.727. The van der Waals surface area contributed by atoms with Crippen LogP contribution in [0.5, 0.6) is 5.75 Å². The predicted molar refractivity (Wildman–Crippen MR) is 129 cm³/mol. The van der Waals surface area contributed by atoms with Crippen molar-refractivity contribution in [2.45, 2.75) is 69.2 Å². The summed E-state index contributed by atoms with van der Waals surface area (Å²) >= 11 is 6.59. The van der Waals surface area contributed by atoms with E-state index in [1.807, 2.05) is 30.3 Å². The SMILES string of the molecule is COC1(c2cccc(Cl)c2OCc2ccccc2)CCN(CCC2(O)CCCCC2)CC1. The largest absolute Gasteiger partial charge is 0.487 e. The number of piperidine rings is 1. The average Bonchev–Trinajstić information content (AvgIpc) is 2.83. The maximum atomic E-state index is 10.9. The summed E-state index contributed by atoms with van der Waals surface area (Å²) in [6.45, 7) is 3.30. The van der Waals surface area contributed by atoms with Gasteiger partial charge in [-0.25, -0.2) is 0 Å². The van der Waals surface area contributed by atoms with Crippen LogP contribution < -0.4 is 4.74 Å². The van der Waals surface area contributed by atoms with E-state index in [0.29, 0.717) is 11.6 Å². The summed E-state index contributed by atoms with van der Waals surface area (Å²) in [6, 6.07) is 16.1. The number of para-hydroxylation sites is 1. The first-order valence-electron chi connectivity index (χ1n) is 12.0. The summed E-state index contributed by atoms with van der Waals surface area (Å²) in [6.07, 6.45) is 8.11. The van der Waals surface area contributed by atoms with Gasteiger partial charge in [0.1, 0.15) is 12.4 Å². The highest BCUT2D eigenvalue weighted by Crippen LogP contribution is 2.44. The summed E-state index contributed by atoms with van der Waals surface area (Å²) in [5.41, 5.74) is 1.28. The van der Waals surface area contributed by atoms with Gasteiger partial charge in [0.15, 0.2) is 0 Å². The molecule has 4 nitrogen and oxygen atoms in total. The number of benzene rings is 2. The number of halogens is 1. The van der Waals surface area contributed by atoms with E-state index in [0.717, 1.165) is 81.5 Å². The molecule has 0 bridgehead atoms. The highest BCUT2D eigenvalue weighted by molar-refractivity contribution is 6.32. The molecule has 0 aromatic heterocycles. The summed E-state index contributed by atoms with van der Waals surface area (Å²) in [5, 5.41) is 11.5. The van der Waals surface area contributed by atoms with Gasteiger partial charge in [-0.05, 0) is 43.7 Å². The number of aliphatic hydroxyl groups is 1. The van der Waals surface area contributed by atoms with E-state index >= 15 is 0 Å². The molecule has 32 heavy (non-hydrogen) atoms. The van der Waals surface area contributed by atoms with Crippen LogP contribution in [0.3, 0.4) is 0 Å². The van der Waals surface area contributed by atoms with Gasteiger partial charge >= 0.3 is 0 Å². The van der Waals surface area contributed by atoms with Gasteiger partial charge < -0.3 is 19.5 Å². The van der Waals surface area contributed by atoms with Crippen LogP contribution in [0.25, 0.3) is 0 Å². The van der Waals surface area contributed by atoms with Gasteiger partial charge in [0.05, 0.1) is 16.2 Å².